The molecule has 0 unspecified atom stereocenters. The first-order chi connectivity index (χ1) is 17.7. The van der Waals surface area contributed by atoms with Gasteiger partial charge >= 0.3 is 23.7 Å². The first-order valence-corrected chi connectivity index (χ1v) is 11.5. The van der Waals surface area contributed by atoms with Crippen molar-refractivity contribution in [1.82, 2.24) is 29.3 Å². The van der Waals surface area contributed by atoms with Gasteiger partial charge in [-0.1, -0.05) is 9.98 Å². The van der Waals surface area contributed by atoms with Crippen molar-refractivity contribution in [2.75, 3.05) is 25.4 Å². The summed E-state index contributed by atoms with van der Waals surface area (Å²) in [5, 5.41) is 5.88. The number of anilines is 1. The van der Waals surface area contributed by atoms with Crippen LogP contribution < -0.4 is 11.1 Å². The lowest BCUT2D eigenvalue weighted by atomic mass is 10.0. The fraction of sp³-hybridized carbons (Fsp3) is 0.167. The molecule has 0 amide bonds. The highest BCUT2D eigenvalue weighted by molar-refractivity contribution is 6.68. The molecule has 4 aliphatic rings. The third-order valence-corrected chi connectivity index (χ3v) is 6.17. The van der Waals surface area contributed by atoms with Crippen molar-refractivity contribution in [3.05, 3.63) is 72.9 Å². The van der Waals surface area contributed by atoms with E-state index >= 15 is 0 Å². The van der Waals surface area contributed by atoms with Crippen LogP contribution in [0.3, 0.4) is 0 Å². The van der Waals surface area contributed by atoms with E-state index < -0.39 is 0 Å². The van der Waals surface area contributed by atoms with E-state index in [0.717, 1.165) is 48.8 Å². The summed E-state index contributed by atoms with van der Waals surface area (Å²) in [6.07, 6.45) is 23.2. The number of rotatable bonds is 6. The number of aliphatic imine (C=N–C) groups is 3. The largest absolute Gasteiger partial charge is 0.382 e. The maximum Gasteiger partial charge on any atom is 0.367 e. The SMILES string of the molecule is Nc1ncnc2c1ncn2CCN1C=CC(=C2C=CN(CC[N+]3=CN=C4C(=[NH2+])N=CN=C43)C=C2)C=C1. The van der Waals surface area contributed by atoms with Crippen LogP contribution in [0.25, 0.3) is 11.2 Å². The van der Waals surface area contributed by atoms with Gasteiger partial charge in [-0.3, -0.25) is 5.41 Å². The molecule has 0 saturated carbocycles. The number of amidine groups is 2. The molecule has 2 aromatic heterocycles. The fourth-order valence-corrected chi connectivity index (χ4v) is 4.17. The van der Waals surface area contributed by atoms with Gasteiger partial charge in [0.1, 0.15) is 11.8 Å². The lowest BCUT2D eigenvalue weighted by Crippen LogP contribution is -2.48. The standard InChI is InChI=1S/C24H23N12/c25-21-19-23(29-13-27-21)35(15-31-19)11-9-33-5-1-17(2-6-33)18-3-7-34(8-4-18)10-12-36-16-32-20-22(26)28-14-30-24(20)36/h1-8,13-16,25H,9-12H2,(H2,26,28,30)/q+1/p+1. The molecule has 0 saturated heterocycles. The molecule has 0 radical (unpaired) electrons. The minimum Gasteiger partial charge on any atom is -0.382 e. The number of nitrogen functional groups attached to an aromatic ring is 1. The van der Waals surface area contributed by atoms with Crippen LogP contribution in [0.1, 0.15) is 0 Å². The van der Waals surface area contributed by atoms with Gasteiger partial charge in [0.2, 0.25) is 6.34 Å². The highest BCUT2D eigenvalue weighted by atomic mass is 15.2. The lowest BCUT2D eigenvalue weighted by molar-refractivity contribution is -0.397. The summed E-state index contributed by atoms with van der Waals surface area (Å²) in [6, 6.07) is 0. The van der Waals surface area contributed by atoms with Crippen LogP contribution in [0, 0.1) is 0 Å². The molecule has 0 fully saturated rings. The smallest absolute Gasteiger partial charge is 0.367 e. The topological polar surface area (TPSA) is 142 Å². The van der Waals surface area contributed by atoms with Gasteiger partial charge in [0, 0.05) is 37.9 Å². The van der Waals surface area contributed by atoms with E-state index in [1.54, 1.807) is 12.7 Å². The molecule has 36 heavy (non-hydrogen) atoms. The first kappa shape index (κ1) is 21.5. The molecule has 0 bridgehead atoms. The second-order valence-corrected chi connectivity index (χ2v) is 8.39. The van der Waals surface area contributed by atoms with Crippen molar-refractivity contribution < 1.29 is 9.98 Å². The Morgan fingerprint density at radius 1 is 0.861 bits per heavy atom. The molecule has 12 nitrogen and oxygen atoms in total. The number of nitrogens with zero attached hydrogens (tertiary/aromatic N) is 10. The quantitative estimate of drug-likeness (QED) is 0.533. The van der Waals surface area contributed by atoms with Crippen molar-refractivity contribution in [2.45, 2.75) is 6.54 Å². The Kier molecular flexibility index (Phi) is 5.37. The van der Waals surface area contributed by atoms with Crippen LogP contribution in [-0.4, -0.2) is 83.6 Å². The van der Waals surface area contributed by atoms with Crippen LogP contribution in [0.15, 0.2) is 87.9 Å². The number of nitrogens with two attached hydrogens (primary N) is 2. The first-order valence-electron chi connectivity index (χ1n) is 11.5. The molecule has 0 atom stereocenters. The van der Waals surface area contributed by atoms with Gasteiger partial charge in [-0.05, 0) is 40.4 Å². The average Bonchev–Trinajstić information content (AvgIpc) is 3.53. The Labute approximate surface area is 206 Å². The predicted octanol–water partition coefficient (Wildman–Crippen LogP) is -0.515. The lowest BCUT2D eigenvalue weighted by Gasteiger charge is -2.22. The zero-order valence-electron chi connectivity index (χ0n) is 19.4. The van der Waals surface area contributed by atoms with Gasteiger partial charge in [0.15, 0.2) is 11.5 Å². The van der Waals surface area contributed by atoms with Gasteiger partial charge in [-0.25, -0.2) is 19.5 Å². The van der Waals surface area contributed by atoms with Gasteiger partial charge < -0.3 is 20.1 Å². The van der Waals surface area contributed by atoms with Gasteiger partial charge in [-0.15, -0.1) is 0 Å². The highest BCUT2D eigenvalue weighted by Gasteiger charge is 2.37. The molecular weight excluding hydrogens is 456 g/mol. The van der Waals surface area contributed by atoms with E-state index in [-0.39, 0.29) is 0 Å². The fourth-order valence-electron chi connectivity index (χ4n) is 4.17. The summed E-state index contributed by atoms with van der Waals surface area (Å²) < 4.78 is 3.97. The highest BCUT2D eigenvalue weighted by Crippen LogP contribution is 2.20. The summed E-state index contributed by atoms with van der Waals surface area (Å²) in [5.41, 5.74) is 10.2. The van der Waals surface area contributed by atoms with E-state index in [2.05, 4.69) is 88.8 Å². The van der Waals surface area contributed by atoms with E-state index in [1.165, 1.54) is 12.7 Å². The van der Waals surface area contributed by atoms with E-state index in [0.29, 0.717) is 22.9 Å². The third-order valence-electron chi connectivity index (χ3n) is 6.17. The van der Waals surface area contributed by atoms with Crippen molar-refractivity contribution in [1.29, 1.82) is 0 Å². The van der Waals surface area contributed by atoms with Gasteiger partial charge in [-0.2, -0.15) is 0 Å². The Bertz CT molecular complexity index is 1490. The average molecular weight is 481 g/mol. The number of hydrogen-bond donors (Lipinski definition) is 2. The summed E-state index contributed by atoms with van der Waals surface area (Å²) in [6.45, 7) is 3.02. The third kappa shape index (κ3) is 4.04. The summed E-state index contributed by atoms with van der Waals surface area (Å²) in [7, 11) is 0. The number of fused-ring (bicyclic) bond motifs is 2. The summed E-state index contributed by atoms with van der Waals surface area (Å²) >= 11 is 0. The molecule has 178 valence electrons. The maximum atomic E-state index is 5.88. The van der Waals surface area contributed by atoms with Crippen LogP contribution in [-0.2, 0) is 6.54 Å². The van der Waals surface area contributed by atoms with Crippen LogP contribution in [0.4, 0.5) is 5.82 Å². The molecule has 6 rings (SSSR count). The van der Waals surface area contributed by atoms with Crippen LogP contribution in [0.2, 0.25) is 0 Å². The molecule has 2 aromatic rings. The van der Waals surface area contributed by atoms with Crippen molar-refractivity contribution in [2.24, 2.45) is 15.0 Å². The molecule has 4 N–H and O–H groups in total. The van der Waals surface area contributed by atoms with Crippen molar-refractivity contribution in [3.63, 3.8) is 0 Å². The van der Waals surface area contributed by atoms with E-state index in [1.807, 2.05) is 9.14 Å². The van der Waals surface area contributed by atoms with Gasteiger partial charge in [0.25, 0.3) is 0 Å². The Morgan fingerprint density at radius 2 is 1.58 bits per heavy atom. The molecule has 4 aliphatic heterocycles. The number of hydrogen-bond acceptors (Lipinski definition) is 8. The van der Waals surface area contributed by atoms with Crippen molar-refractivity contribution in [3.8, 4) is 0 Å². The number of aromatic nitrogens is 4. The Hall–Kier alpha value is -5.00. The Morgan fingerprint density at radius 3 is 2.33 bits per heavy atom. The molecule has 12 heteroatoms. The van der Waals surface area contributed by atoms with Crippen LogP contribution >= 0.6 is 0 Å². The minimum atomic E-state index is 0.398. The molecule has 0 aliphatic carbocycles. The minimum absolute atomic E-state index is 0.398. The Balaban J connectivity index is 1.02. The molecular formula is C24H24N12+2. The zero-order valence-corrected chi connectivity index (χ0v) is 19.4. The van der Waals surface area contributed by atoms with Gasteiger partial charge in [0.05, 0.1) is 19.4 Å². The van der Waals surface area contributed by atoms with E-state index in [4.69, 9.17) is 11.1 Å². The molecule has 6 heterocycles. The molecule has 0 aromatic carbocycles. The van der Waals surface area contributed by atoms with Crippen LogP contribution in [0.5, 0.6) is 0 Å². The zero-order chi connectivity index (χ0) is 24.5. The number of imidazole rings is 1. The monoisotopic (exact) mass is 480 g/mol. The predicted molar refractivity (Wildman–Crippen MR) is 138 cm³/mol. The molecule has 0 spiro atoms. The second kappa shape index (κ2) is 8.98. The normalized spacial score (nSPS) is 18.3. The summed E-state index contributed by atoms with van der Waals surface area (Å²) in [5.74, 6) is 1.54. The summed E-state index contributed by atoms with van der Waals surface area (Å²) in [4.78, 5) is 29.5. The maximum absolute atomic E-state index is 5.88. The van der Waals surface area contributed by atoms with Crippen molar-refractivity contribution >= 4 is 47.0 Å². The van der Waals surface area contributed by atoms with E-state index in [9.17, 15) is 0 Å². The number of allylic oxidation sites excluding steroid dienone is 6. The second-order valence-electron chi connectivity index (χ2n) is 8.39.